The van der Waals surface area contributed by atoms with Crippen LogP contribution in [0.3, 0.4) is 0 Å². The van der Waals surface area contributed by atoms with Crippen LogP contribution in [-0.4, -0.2) is 58.0 Å². The smallest absolute Gasteiger partial charge is 0.331 e. The van der Waals surface area contributed by atoms with Gasteiger partial charge in [0.2, 0.25) is 5.82 Å². The second-order valence-electron chi connectivity index (χ2n) is 7.96. The van der Waals surface area contributed by atoms with Gasteiger partial charge in [-0.05, 0) is 29.1 Å². The Kier molecular flexibility index (Phi) is 5.80. The van der Waals surface area contributed by atoms with E-state index in [9.17, 15) is 13.9 Å². The van der Waals surface area contributed by atoms with E-state index in [2.05, 4.69) is 20.3 Å². The Morgan fingerprint density at radius 3 is 2.56 bits per heavy atom. The van der Waals surface area contributed by atoms with E-state index in [1.165, 1.54) is 35.0 Å². The molecule has 5 rings (SSSR count). The third-order valence-electron chi connectivity index (χ3n) is 5.70. The van der Waals surface area contributed by atoms with Gasteiger partial charge in [-0.3, -0.25) is 4.21 Å². The monoisotopic (exact) mass is 485 g/mol. The average Bonchev–Trinajstić information content (AvgIpc) is 3.45. The predicted molar refractivity (Wildman–Crippen MR) is 118 cm³/mol. The van der Waals surface area contributed by atoms with Gasteiger partial charge in [0.15, 0.2) is 17.0 Å². The number of alkyl halides is 2. The van der Waals surface area contributed by atoms with Crippen molar-refractivity contribution in [2.24, 2.45) is 0 Å². The van der Waals surface area contributed by atoms with Crippen LogP contribution in [0.2, 0.25) is 0 Å². The topological polar surface area (TPSA) is 120 Å². The van der Waals surface area contributed by atoms with E-state index in [1.54, 1.807) is 29.2 Å². The van der Waals surface area contributed by atoms with Crippen molar-refractivity contribution in [2.45, 2.75) is 29.9 Å². The van der Waals surface area contributed by atoms with E-state index in [0.717, 1.165) is 0 Å². The number of benzene rings is 2. The number of nitrogens with zero attached hydrogens (tertiary/aromatic N) is 6. The number of fused-ring (bicyclic) bond motifs is 1. The molecule has 176 valence electrons. The third kappa shape index (κ3) is 4.04. The van der Waals surface area contributed by atoms with E-state index in [0.29, 0.717) is 18.5 Å². The molecule has 2 atom stereocenters. The Labute approximate surface area is 195 Å². The fraction of sp³-hybridized carbons (Fsp3) is 0.273. The van der Waals surface area contributed by atoms with Gasteiger partial charge in [0.25, 0.3) is 0 Å². The quantitative estimate of drug-likeness (QED) is 0.413. The van der Waals surface area contributed by atoms with Gasteiger partial charge in [0.05, 0.1) is 12.6 Å². The summed E-state index contributed by atoms with van der Waals surface area (Å²) in [7, 11) is 0. The van der Waals surface area contributed by atoms with Crippen molar-refractivity contribution in [3.63, 3.8) is 0 Å². The van der Waals surface area contributed by atoms with Gasteiger partial charge in [-0.2, -0.15) is 8.78 Å². The highest BCUT2D eigenvalue weighted by Crippen LogP contribution is 2.36. The zero-order valence-corrected chi connectivity index (χ0v) is 18.5. The number of hydrogen-bond donors (Lipinski definition) is 1. The molecule has 2 aromatic heterocycles. The summed E-state index contributed by atoms with van der Waals surface area (Å²) in [6, 6.07) is 13.5. The fourth-order valence-electron chi connectivity index (χ4n) is 3.98. The molecule has 1 saturated heterocycles. The Bertz CT molecular complexity index is 1370. The Morgan fingerprint density at radius 1 is 1.12 bits per heavy atom. The summed E-state index contributed by atoms with van der Waals surface area (Å²) in [6.45, 7) is 0.581. The number of rotatable bonds is 6. The van der Waals surface area contributed by atoms with E-state index in [4.69, 9.17) is 0 Å². The maximum Gasteiger partial charge on any atom is 0.331 e. The number of aromatic nitrogens is 5. The van der Waals surface area contributed by atoms with Gasteiger partial charge in [0.1, 0.15) is 0 Å². The SMILES string of the molecule is O=S([O-])c1ccccc1Cn1nnc2c(N3CC[C@H](O)C3)nc(C(F)(F)c3ccccc3)nc21. The lowest BCUT2D eigenvalue weighted by molar-refractivity contribution is 0.0332. The van der Waals surface area contributed by atoms with Crippen LogP contribution in [0, 0.1) is 0 Å². The Hall–Kier alpha value is -3.35. The highest BCUT2D eigenvalue weighted by molar-refractivity contribution is 7.79. The molecule has 34 heavy (non-hydrogen) atoms. The summed E-state index contributed by atoms with van der Waals surface area (Å²) in [5, 5.41) is 18.2. The van der Waals surface area contributed by atoms with Gasteiger partial charge in [0, 0.05) is 23.5 Å². The molecular formula is C22H19F2N6O3S-. The van der Waals surface area contributed by atoms with Crippen molar-refractivity contribution in [2.75, 3.05) is 18.0 Å². The average molecular weight is 485 g/mol. The van der Waals surface area contributed by atoms with Crippen LogP contribution in [0.25, 0.3) is 11.2 Å². The normalized spacial score (nSPS) is 17.4. The molecule has 1 fully saturated rings. The van der Waals surface area contributed by atoms with Crippen LogP contribution in [0.15, 0.2) is 59.5 Å². The minimum absolute atomic E-state index is 0.0449. The molecule has 1 unspecified atom stereocenters. The molecular weight excluding hydrogens is 466 g/mol. The molecule has 0 amide bonds. The van der Waals surface area contributed by atoms with Gasteiger partial charge < -0.3 is 14.6 Å². The summed E-state index contributed by atoms with van der Waals surface area (Å²) in [5.41, 5.74) is 0.384. The Balaban J connectivity index is 1.66. The fourth-order valence-corrected chi connectivity index (χ4v) is 4.51. The molecule has 1 N–H and O–H groups in total. The van der Waals surface area contributed by atoms with E-state index >= 15 is 8.78 Å². The number of aliphatic hydroxyl groups excluding tert-OH is 1. The number of β-amino-alcohol motifs (C(OH)–C–C–N with tert-alkyl or cyclic N) is 1. The molecule has 0 radical (unpaired) electrons. The third-order valence-corrected chi connectivity index (χ3v) is 6.45. The number of anilines is 1. The number of aliphatic hydroxyl groups is 1. The minimum Gasteiger partial charge on any atom is -0.768 e. The van der Waals surface area contributed by atoms with Crippen LogP contribution in [0.4, 0.5) is 14.6 Å². The second-order valence-corrected chi connectivity index (χ2v) is 8.87. The van der Waals surface area contributed by atoms with Gasteiger partial charge in [-0.25, -0.2) is 14.6 Å². The van der Waals surface area contributed by atoms with E-state index in [1.807, 2.05) is 0 Å². The highest BCUT2D eigenvalue weighted by atomic mass is 32.2. The van der Waals surface area contributed by atoms with Crippen LogP contribution in [-0.2, 0) is 23.5 Å². The molecule has 3 heterocycles. The summed E-state index contributed by atoms with van der Waals surface area (Å²) >= 11 is -2.49. The molecule has 2 aromatic carbocycles. The molecule has 0 spiro atoms. The first kappa shape index (κ1) is 22.4. The summed E-state index contributed by atoms with van der Waals surface area (Å²) in [5.74, 6) is -4.09. The van der Waals surface area contributed by atoms with Gasteiger partial charge in [-0.15, -0.1) is 5.10 Å². The number of halogens is 2. The van der Waals surface area contributed by atoms with Crippen molar-refractivity contribution >= 4 is 28.1 Å². The molecule has 1 aliphatic heterocycles. The minimum atomic E-state index is -3.51. The van der Waals surface area contributed by atoms with Gasteiger partial charge in [-0.1, -0.05) is 53.7 Å². The lowest BCUT2D eigenvalue weighted by atomic mass is 10.1. The molecule has 0 saturated carbocycles. The van der Waals surface area contributed by atoms with Crippen molar-refractivity contribution < 1.29 is 22.6 Å². The first-order valence-electron chi connectivity index (χ1n) is 10.5. The zero-order valence-electron chi connectivity index (χ0n) is 17.7. The number of hydrogen-bond acceptors (Lipinski definition) is 8. The first-order valence-corrected chi connectivity index (χ1v) is 11.6. The van der Waals surface area contributed by atoms with Crippen LogP contribution < -0.4 is 4.90 Å². The largest absolute Gasteiger partial charge is 0.768 e. The second kappa shape index (κ2) is 8.78. The summed E-state index contributed by atoms with van der Waals surface area (Å²) in [4.78, 5) is 10.1. The summed E-state index contributed by atoms with van der Waals surface area (Å²) < 4.78 is 55.5. The molecule has 0 aliphatic carbocycles. The molecule has 12 heteroatoms. The van der Waals surface area contributed by atoms with E-state index in [-0.39, 0.29) is 40.5 Å². The van der Waals surface area contributed by atoms with Crippen molar-refractivity contribution in [1.29, 1.82) is 0 Å². The maximum absolute atomic E-state index is 15.5. The van der Waals surface area contributed by atoms with Crippen LogP contribution in [0.1, 0.15) is 23.4 Å². The van der Waals surface area contributed by atoms with Crippen molar-refractivity contribution in [3.05, 3.63) is 71.5 Å². The predicted octanol–water partition coefficient (Wildman–Crippen LogP) is 2.22. The van der Waals surface area contributed by atoms with Crippen LogP contribution >= 0.6 is 0 Å². The molecule has 9 nitrogen and oxygen atoms in total. The zero-order chi connectivity index (χ0) is 23.9. The van der Waals surface area contributed by atoms with Crippen molar-refractivity contribution in [1.82, 2.24) is 25.0 Å². The highest BCUT2D eigenvalue weighted by Gasteiger charge is 2.39. The lowest BCUT2D eigenvalue weighted by Crippen LogP contribution is -2.26. The van der Waals surface area contributed by atoms with Crippen molar-refractivity contribution in [3.8, 4) is 0 Å². The Morgan fingerprint density at radius 2 is 1.85 bits per heavy atom. The van der Waals surface area contributed by atoms with E-state index < -0.39 is 28.9 Å². The molecule has 1 aliphatic rings. The lowest BCUT2D eigenvalue weighted by Gasteiger charge is -2.20. The standard InChI is InChI=1S/C22H20F2N6O3S/c23-22(24,15-7-2-1-3-8-15)21-25-19(29-11-10-16(31)13-29)18-20(26-21)30(28-27-18)12-14-6-4-5-9-17(14)34(32)33/h1-9,16,31H,10-13H2,(H,32,33)/p-1/t16-/m0/s1. The first-order chi connectivity index (χ1) is 16.3. The van der Waals surface area contributed by atoms with Crippen LogP contribution in [0.5, 0.6) is 0 Å². The molecule has 0 bridgehead atoms. The summed E-state index contributed by atoms with van der Waals surface area (Å²) in [6.07, 6.45) is -0.149. The van der Waals surface area contributed by atoms with Gasteiger partial charge >= 0.3 is 5.92 Å². The maximum atomic E-state index is 15.5. The molecule has 4 aromatic rings.